The fourth-order valence-corrected chi connectivity index (χ4v) is 1.23. The molecular weight excluding hydrogens is 116 g/mol. The average Bonchev–Trinajstić information content (AvgIpc) is 2.13. The van der Waals surface area contributed by atoms with E-state index < -0.39 is 0 Å². The predicted octanol–water partition coefficient (Wildman–Crippen LogP) is 0.936. The molecule has 1 heterocycles. The van der Waals surface area contributed by atoms with Crippen molar-refractivity contribution in [1.29, 1.82) is 0 Å². The van der Waals surface area contributed by atoms with E-state index in [0.717, 1.165) is 12.8 Å². The van der Waals surface area contributed by atoms with Gasteiger partial charge >= 0.3 is 0 Å². The maximum Gasteiger partial charge on any atom is 0.0888 e. The van der Waals surface area contributed by atoms with Crippen LogP contribution in [0.15, 0.2) is 0 Å². The fourth-order valence-electron chi connectivity index (χ4n) is 1.23. The van der Waals surface area contributed by atoms with Crippen LogP contribution < -0.4 is 0 Å². The summed E-state index contributed by atoms with van der Waals surface area (Å²) in [7, 11) is 0. The van der Waals surface area contributed by atoms with Crippen LogP contribution in [0, 0.1) is 0 Å². The minimum absolute atomic E-state index is 0.150. The molecular formula is C7H14O2. The van der Waals surface area contributed by atoms with Crippen molar-refractivity contribution in [3.8, 4) is 0 Å². The number of hydrogen-bond acceptors (Lipinski definition) is 2. The molecule has 1 saturated heterocycles. The Hall–Kier alpha value is -0.0800. The van der Waals surface area contributed by atoms with E-state index in [4.69, 9.17) is 9.84 Å². The lowest BCUT2D eigenvalue weighted by atomic mass is 10.0. The second kappa shape index (κ2) is 2.27. The Morgan fingerprint density at radius 1 is 1.78 bits per heavy atom. The summed E-state index contributed by atoms with van der Waals surface area (Å²) in [6.45, 7) is 4.15. The Labute approximate surface area is 55.8 Å². The highest BCUT2D eigenvalue weighted by Gasteiger charge is 2.32. The van der Waals surface area contributed by atoms with E-state index in [1.165, 1.54) is 0 Å². The number of aliphatic hydroxyl groups is 1. The van der Waals surface area contributed by atoms with Crippen LogP contribution in [0.25, 0.3) is 0 Å². The summed E-state index contributed by atoms with van der Waals surface area (Å²) in [5.41, 5.74) is -0.237. The van der Waals surface area contributed by atoms with Crippen LogP contribution in [-0.4, -0.2) is 23.4 Å². The molecule has 1 aliphatic rings. The van der Waals surface area contributed by atoms with Gasteiger partial charge in [0.2, 0.25) is 0 Å². The minimum Gasteiger partial charge on any atom is -0.393 e. The molecule has 0 radical (unpaired) electrons. The molecule has 2 heteroatoms. The van der Waals surface area contributed by atoms with Gasteiger partial charge in [-0.05, 0) is 26.7 Å². The third-order valence-electron chi connectivity index (χ3n) is 1.90. The maximum absolute atomic E-state index is 8.82. The SMILES string of the molecule is C[C@@H]1CC[C@](C)(CO)O1. The zero-order chi connectivity index (χ0) is 6.91. The smallest absolute Gasteiger partial charge is 0.0888 e. The van der Waals surface area contributed by atoms with E-state index in [0.29, 0.717) is 6.10 Å². The van der Waals surface area contributed by atoms with E-state index in [2.05, 4.69) is 0 Å². The first-order chi connectivity index (χ1) is 4.16. The Morgan fingerprint density at radius 2 is 2.44 bits per heavy atom. The highest BCUT2D eigenvalue weighted by atomic mass is 16.5. The van der Waals surface area contributed by atoms with Gasteiger partial charge in [0.1, 0.15) is 0 Å². The molecule has 0 aromatic rings. The molecule has 9 heavy (non-hydrogen) atoms. The van der Waals surface area contributed by atoms with E-state index in [-0.39, 0.29) is 12.2 Å². The Morgan fingerprint density at radius 3 is 2.67 bits per heavy atom. The van der Waals surface area contributed by atoms with E-state index >= 15 is 0 Å². The zero-order valence-corrected chi connectivity index (χ0v) is 6.05. The fraction of sp³-hybridized carbons (Fsp3) is 1.00. The van der Waals surface area contributed by atoms with Crippen molar-refractivity contribution in [3.05, 3.63) is 0 Å². The molecule has 2 atom stereocenters. The highest BCUT2D eigenvalue weighted by Crippen LogP contribution is 2.28. The molecule has 0 amide bonds. The summed E-state index contributed by atoms with van der Waals surface area (Å²) in [6.07, 6.45) is 2.41. The molecule has 0 spiro atoms. The van der Waals surface area contributed by atoms with Gasteiger partial charge < -0.3 is 9.84 Å². The molecule has 1 rings (SSSR count). The van der Waals surface area contributed by atoms with Gasteiger partial charge in [-0.3, -0.25) is 0 Å². The van der Waals surface area contributed by atoms with E-state index in [9.17, 15) is 0 Å². The van der Waals surface area contributed by atoms with Crippen LogP contribution in [0.1, 0.15) is 26.7 Å². The molecule has 0 aliphatic carbocycles. The lowest BCUT2D eigenvalue weighted by molar-refractivity contribution is -0.0544. The van der Waals surface area contributed by atoms with Crippen LogP contribution in [0.2, 0.25) is 0 Å². The normalized spacial score (nSPS) is 43.7. The standard InChI is InChI=1S/C7H14O2/c1-6-3-4-7(2,5-8)9-6/h6,8H,3-5H2,1-2H3/t6-,7-/m1/s1. The maximum atomic E-state index is 8.82. The third-order valence-corrected chi connectivity index (χ3v) is 1.90. The number of aliphatic hydroxyl groups excluding tert-OH is 1. The molecule has 2 nitrogen and oxygen atoms in total. The lowest BCUT2D eigenvalue weighted by Gasteiger charge is -2.20. The number of ether oxygens (including phenoxy) is 1. The molecule has 54 valence electrons. The molecule has 1 N–H and O–H groups in total. The van der Waals surface area contributed by atoms with Gasteiger partial charge in [-0.15, -0.1) is 0 Å². The summed E-state index contributed by atoms with van der Waals surface area (Å²) in [5, 5.41) is 8.82. The van der Waals surface area contributed by atoms with Gasteiger partial charge in [0.15, 0.2) is 0 Å². The van der Waals surface area contributed by atoms with Crippen LogP contribution >= 0.6 is 0 Å². The Balaban J connectivity index is 2.45. The Bertz CT molecular complexity index is 103. The molecule has 0 aromatic heterocycles. The van der Waals surface area contributed by atoms with Crippen molar-refractivity contribution in [2.45, 2.75) is 38.4 Å². The summed E-state index contributed by atoms with van der Waals surface area (Å²) < 4.78 is 5.45. The topological polar surface area (TPSA) is 29.5 Å². The second-order valence-corrected chi connectivity index (χ2v) is 3.08. The van der Waals surface area contributed by atoms with Gasteiger partial charge in [-0.25, -0.2) is 0 Å². The second-order valence-electron chi connectivity index (χ2n) is 3.08. The van der Waals surface area contributed by atoms with Crippen molar-refractivity contribution in [1.82, 2.24) is 0 Å². The van der Waals surface area contributed by atoms with E-state index in [1.807, 2.05) is 13.8 Å². The highest BCUT2D eigenvalue weighted by molar-refractivity contribution is 4.82. The van der Waals surface area contributed by atoms with Gasteiger partial charge in [0.25, 0.3) is 0 Å². The van der Waals surface area contributed by atoms with Crippen molar-refractivity contribution >= 4 is 0 Å². The van der Waals surface area contributed by atoms with Gasteiger partial charge in [0, 0.05) is 0 Å². The first kappa shape index (κ1) is 7.03. The molecule has 1 fully saturated rings. The van der Waals surface area contributed by atoms with Crippen LogP contribution in [0.4, 0.5) is 0 Å². The van der Waals surface area contributed by atoms with Crippen LogP contribution in [0.5, 0.6) is 0 Å². The minimum atomic E-state index is -0.237. The van der Waals surface area contributed by atoms with Gasteiger partial charge in [-0.1, -0.05) is 0 Å². The number of rotatable bonds is 1. The van der Waals surface area contributed by atoms with Crippen LogP contribution in [0.3, 0.4) is 0 Å². The molecule has 0 saturated carbocycles. The van der Waals surface area contributed by atoms with Gasteiger partial charge in [-0.2, -0.15) is 0 Å². The van der Waals surface area contributed by atoms with E-state index in [1.54, 1.807) is 0 Å². The molecule has 1 aliphatic heterocycles. The first-order valence-corrected chi connectivity index (χ1v) is 3.45. The molecule has 0 unspecified atom stereocenters. The number of hydrogen-bond donors (Lipinski definition) is 1. The van der Waals surface area contributed by atoms with Crippen molar-refractivity contribution in [3.63, 3.8) is 0 Å². The molecule has 0 aromatic carbocycles. The predicted molar refractivity (Wildman–Crippen MR) is 35.3 cm³/mol. The quantitative estimate of drug-likeness (QED) is 0.572. The lowest BCUT2D eigenvalue weighted by Crippen LogP contribution is -2.28. The van der Waals surface area contributed by atoms with Crippen LogP contribution in [-0.2, 0) is 4.74 Å². The molecule has 0 bridgehead atoms. The zero-order valence-electron chi connectivity index (χ0n) is 6.05. The summed E-state index contributed by atoms with van der Waals surface area (Å²) in [5.74, 6) is 0. The monoisotopic (exact) mass is 130 g/mol. The van der Waals surface area contributed by atoms with Crippen molar-refractivity contribution in [2.24, 2.45) is 0 Å². The largest absolute Gasteiger partial charge is 0.393 e. The average molecular weight is 130 g/mol. The summed E-state index contributed by atoms with van der Waals surface area (Å²) in [6, 6.07) is 0. The van der Waals surface area contributed by atoms with Gasteiger partial charge in [0.05, 0.1) is 18.3 Å². The van der Waals surface area contributed by atoms with Crippen molar-refractivity contribution < 1.29 is 9.84 Å². The Kier molecular flexibility index (Phi) is 1.78. The summed E-state index contributed by atoms with van der Waals surface area (Å²) in [4.78, 5) is 0. The third kappa shape index (κ3) is 1.43. The summed E-state index contributed by atoms with van der Waals surface area (Å²) >= 11 is 0. The van der Waals surface area contributed by atoms with Crippen molar-refractivity contribution in [2.75, 3.05) is 6.61 Å². The first-order valence-electron chi connectivity index (χ1n) is 3.45.